The Morgan fingerprint density at radius 1 is 1.67 bits per heavy atom. The maximum atomic E-state index is 11.2. The van der Waals surface area contributed by atoms with Gasteiger partial charge in [0.05, 0.1) is 24.8 Å². The first-order chi connectivity index (χ1) is 8.48. The van der Waals surface area contributed by atoms with E-state index in [2.05, 4.69) is 10.1 Å². The zero-order chi connectivity index (χ0) is 13.6. The third kappa shape index (κ3) is 4.72. The maximum Gasteiger partial charge on any atom is 0.341 e. The minimum absolute atomic E-state index is 0.394. The van der Waals surface area contributed by atoms with Gasteiger partial charge in [0.25, 0.3) is 0 Å². The van der Waals surface area contributed by atoms with Crippen LogP contribution in [0.2, 0.25) is 0 Å². The molecule has 0 aromatic carbocycles. The fraction of sp³-hybridized carbons (Fsp3) is 0.583. The van der Waals surface area contributed by atoms with Gasteiger partial charge in [-0.05, 0) is 19.2 Å². The van der Waals surface area contributed by atoms with Gasteiger partial charge in [-0.3, -0.25) is 0 Å². The van der Waals surface area contributed by atoms with Gasteiger partial charge < -0.3 is 19.6 Å². The summed E-state index contributed by atoms with van der Waals surface area (Å²) >= 11 is 1.59. The van der Waals surface area contributed by atoms with Crippen LogP contribution in [0.3, 0.4) is 0 Å². The molecule has 0 bridgehead atoms. The van der Waals surface area contributed by atoms with Gasteiger partial charge in [-0.15, -0.1) is 0 Å². The summed E-state index contributed by atoms with van der Waals surface area (Å²) in [6.07, 6.45) is 3.31. The lowest BCUT2D eigenvalue weighted by molar-refractivity contribution is 0.0599. The normalized spacial score (nSPS) is 14.2. The Morgan fingerprint density at radius 2 is 2.39 bits per heavy atom. The second kappa shape index (κ2) is 6.82. The van der Waals surface area contributed by atoms with Crippen LogP contribution in [0.5, 0.6) is 0 Å². The highest BCUT2D eigenvalue weighted by Crippen LogP contribution is 2.11. The lowest BCUT2D eigenvalue weighted by Gasteiger charge is -2.22. The molecule has 0 fully saturated rings. The summed E-state index contributed by atoms with van der Waals surface area (Å²) in [6.45, 7) is 2.70. The van der Waals surface area contributed by atoms with Crippen LogP contribution in [0.1, 0.15) is 23.0 Å². The third-order valence-corrected chi connectivity index (χ3v) is 3.25. The second-order valence-electron chi connectivity index (χ2n) is 4.33. The zero-order valence-corrected chi connectivity index (χ0v) is 11.7. The molecule has 1 unspecified atom stereocenters. The van der Waals surface area contributed by atoms with E-state index in [1.54, 1.807) is 24.8 Å². The maximum absolute atomic E-state index is 11.2. The van der Waals surface area contributed by atoms with E-state index in [4.69, 9.17) is 4.42 Å². The predicted octanol–water partition coefficient (Wildman–Crippen LogP) is 1.27. The van der Waals surface area contributed by atoms with Crippen molar-refractivity contribution in [3.05, 3.63) is 23.7 Å². The Bertz CT molecular complexity index is 389. The Hall–Kier alpha value is -0.980. The second-order valence-corrected chi connectivity index (χ2v) is 5.19. The van der Waals surface area contributed by atoms with E-state index in [9.17, 15) is 9.90 Å². The summed E-state index contributed by atoms with van der Waals surface area (Å²) in [5.41, 5.74) is -0.359. The van der Waals surface area contributed by atoms with Crippen LogP contribution in [-0.2, 0) is 11.3 Å². The molecular formula is C12H19NO4S. The summed E-state index contributed by atoms with van der Waals surface area (Å²) in [5.74, 6) is 0.876. The number of carbonyl (C=O) groups is 1. The van der Waals surface area contributed by atoms with Crippen LogP contribution in [0.4, 0.5) is 0 Å². The molecule has 0 radical (unpaired) electrons. The lowest BCUT2D eigenvalue weighted by Crippen LogP contribution is -2.39. The van der Waals surface area contributed by atoms with Gasteiger partial charge in [0.15, 0.2) is 0 Å². The molecule has 0 aliphatic heterocycles. The third-order valence-electron chi connectivity index (χ3n) is 2.34. The van der Waals surface area contributed by atoms with Crippen LogP contribution in [0.25, 0.3) is 0 Å². The van der Waals surface area contributed by atoms with Crippen molar-refractivity contribution in [2.24, 2.45) is 0 Å². The van der Waals surface area contributed by atoms with Crippen LogP contribution in [-0.4, -0.2) is 42.3 Å². The van der Waals surface area contributed by atoms with Crippen LogP contribution < -0.4 is 5.32 Å². The largest absolute Gasteiger partial charge is 0.467 e. The smallest absolute Gasteiger partial charge is 0.341 e. The first-order valence-corrected chi connectivity index (χ1v) is 6.95. The molecule has 0 amide bonds. The summed E-state index contributed by atoms with van der Waals surface area (Å²) in [5, 5.41) is 13.0. The molecule has 18 heavy (non-hydrogen) atoms. The first-order valence-electron chi connectivity index (χ1n) is 5.56. The van der Waals surface area contributed by atoms with Gasteiger partial charge in [-0.25, -0.2) is 4.79 Å². The number of nitrogens with one attached hydrogen (secondary N) is 1. The Labute approximate surface area is 111 Å². The van der Waals surface area contributed by atoms with Crippen molar-refractivity contribution in [1.82, 2.24) is 5.32 Å². The Kier molecular flexibility index (Phi) is 5.71. The molecule has 102 valence electrons. The zero-order valence-electron chi connectivity index (χ0n) is 10.9. The number of hydrogen-bond acceptors (Lipinski definition) is 6. The van der Waals surface area contributed by atoms with Gasteiger partial charge in [-0.2, -0.15) is 11.8 Å². The van der Waals surface area contributed by atoms with Gasteiger partial charge in [-0.1, -0.05) is 0 Å². The number of methoxy groups -OCH3 is 1. The number of carbonyl (C=O) groups excluding carboxylic acids is 1. The fourth-order valence-corrected chi connectivity index (χ4v) is 2.24. The summed E-state index contributed by atoms with van der Waals surface area (Å²) in [6, 6.07) is 1.63. The highest BCUT2D eigenvalue weighted by molar-refractivity contribution is 7.98. The summed E-state index contributed by atoms with van der Waals surface area (Å²) < 4.78 is 9.79. The van der Waals surface area contributed by atoms with Crippen molar-refractivity contribution in [2.45, 2.75) is 19.1 Å². The van der Waals surface area contributed by atoms with Crippen molar-refractivity contribution < 1.29 is 19.1 Å². The van der Waals surface area contributed by atoms with Gasteiger partial charge in [0.1, 0.15) is 12.0 Å². The molecule has 2 N–H and O–H groups in total. The molecule has 5 nitrogen and oxygen atoms in total. The number of ether oxygens (including phenoxy) is 1. The lowest BCUT2D eigenvalue weighted by atomic mass is 10.1. The number of aliphatic hydroxyl groups is 1. The standard InChI is InChI=1S/C12H19NO4S/c1-12(15,8-18-3)7-13-5-10-4-9(6-17-10)11(14)16-2/h4,6,13,15H,5,7-8H2,1-3H3. The highest BCUT2D eigenvalue weighted by atomic mass is 32.2. The van der Waals surface area contributed by atoms with E-state index in [0.29, 0.717) is 30.2 Å². The van der Waals surface area contributed by atoms with E-state index in [-0.39, 0.29) is 0 Å². The first kappa shape index (κ1) is 15.1. The predicted molar refractivity (Wildman–Crippen MR) is 70.8 cm³/mol. The summed E-state index contributed by atoms with van der Waals surface area (Å²) in [4.78, 5) is 11.2. The van der Waals surface area contributed by atoms with E-state index in [0.717, 1.165) is 0 Å². The minimum Gasteiger partial charge on any atom is -0.467 e. The average molecular weight is 273 g/mol. The number of esters is 1. The average Bonchev–Trinajstić information content (AvgIpc) is 2.76. The number of thioether (sulfide) groups is 1. The molecule has 0 spiro atoms. The molecule has 0 aliphatic rings. The van der Waals surface area contributed by atoms with Crippen molar-refractivity contribution in [3.8, 4) is 0 Å². The quantitative estimate of drug-likeness (QED) is 0.729. The van der Waals surface area contributed by atoms with Crippen molar-refractivity contribution >= 4 is 17.7 Å². The van der Waals surface area contributed by atoms with E-state index >= 15 is 0 Å². The van der Waals surface area contributed by atoms with Crippen molar-refractivity contribution in [1.29, 1.82) is 0 Å². The monoisotopic (exact) mass is 273 g/mol. The molecule has 0 saturated carbocycles. The molecule has 1 aromatic rings. The number of rotatable bonds is 7. The Balaban J connectivity index is 2.40. The van der Waals surface area contributed by atoms with Crippen LogP contribution >= 0.6 is 11.8 Å². The molecule has 1 rings (SSSR count). The molecular weight excluding hydrogens is 254 g/mol. The van der Waals surface area contributed by atoms with Gasteiger partial charge in [0, 0.05) is 12.3 Å². The van der Waals surface area contributed by atoms with Crippen LogP contribution in [0.15, 0.2) is 16.7 Å². The molecule has 1 atom stereocenters. The Morgan fingerprint density at radius 3 is 3.00 bits per heavy atom. The van der Waals surface area contributed by atoms with Gasteiger partial charge in [0.2, 0.25) is 0 Å². The van der Waals surface area contributed by atoms with Crippen molar-refractivity contribution in [2.75, 3.05) is 25.7 Å². The molecule has 1 aromatic heterocycles. The van der Waals surface area contributed by atoms with Crippen molar-refractivity contribution in [3.63, 3.8) is 0 Å². The van der Waals surface area contributed by atoms with Gasteiger partial charge >= 0.3 is 5.97 Å². The molecule has 6 heteroatoms. The van der Waals surface area contributed by atoms with Crippen LogP contribution in [0, 0.1) is 0 Å². The topological polar surface area (TPSA) is 71.7 Å². The molecule has 0 saturated heterocycles. The molecule has 0 aliphatic carbocycles. The highest BCUT2D eigenvalue weighted by Gasteiger charge is 2.19. The number of hydrogen-bond donors (Lipinski definition) is 2. The molecule has 1 heterocycles. The minimum atomic E-state index is -0.753. The summed E-state index contributed by atoms with van der Waals surface area (Å²) in [7, 11) is 1.33. The fourth-order valence-electron chi connectivity index (χ4n) is 1.52. The number of furan rings is 1. The van der Waals surface area contributed by atoms with E-state index < -0.39 is 11.6 Å². The van der Waals surface area contributed by atoms with E-state index in [1.807, 2.05) is 6.26 Å². The SMILES string of the molecule is COC(=O)c1coc(CNCC(C)(O)CSC)c1. The van der Waals surface area contributed by atoms with E-state index in [1.165, 1.54) is 13.4 Å².